The van der Waals surface area contributed by atoms with Crippen molar-refractivity contribution in [2.24, 2.45) is 0 Å². The smallest absolute Gasteiger partial charge is 0.237 e. The number of benzene rings is 1. The van der Waals surface area contributed by atoms with Crippen molar-refractivity contribution in [1.29, 1.82) is 0 Å². The molecule has 0 aliphatic rings. The van der Waals surface area contributed by atoms with Crippen LogP contribution in [0.4, 0.5) is 0 Å². The molecular formula is C12H10N2O2. The van der Waals surface area contributed by atoms with Crippen molar-refractivity contribution in [1.82, 2.24) is 9.97 Å². The van der Waals surface area contributed by atoms with E-state index in [2.05, 4.69) is 29.0 Å². The number of nitrogens with zero attached hydrogens (tertiary/aromatic N) is 2. The highest BCUT2D eigenvalue weighted by Gasteiger charge is 1.97. The summed E-state index contributed by atoms with van der Waals surface area (Å²) < 4.78 is 0. The van der Waals surface area contributed by atoms with Gasteiger partial charge >= 0.3 is 6.15 Å². The number of carbonyl (C=O) groups excluding carboxylic acids is 2. The summed E-state index contributed by atoms with van der Waals surface area (Å²) >= 11 is 0. The Hall–Kier alpha value is -2.32. The summed E-state index contributed by atoms with van der Waals surface area (Å²) in [5.74, 6) is 0.784. The van der Waals surface area contributed by atoms with E-state index >= 15 is 0 Å². The Morgan fingerprint density at radius 1 is 1.06 bits per heavy atom. The predicted molar refractivity (Wildman–Crippen MR) is 57.2 cm³/mol. The highest BCUT2D eigenvalue weighted by atomic mass is 16.2. The standard InChI is InChI=1S/C11H10N2.CO2/c1-9-4-2-5-10(8-9)11-12-6-3-7-13-11;2-1-3/h2-8H,1H3;. The lowest BCUT2D eigenvalue weighted by Crippen LogP contribution is -1.86. The molecule has 4 nitrogen and oxygen atoms in total. The summed E-state index contributed by atoms with van der Waals surface area (Å²) in [6.45, 7) is 2.06. The summed E-state index contributed by atoms with van der Waals surface area (Å²) in [5, 5.41) is 0. The molecule has 0 aliphatic carbocycles. The molecular weight excluding hydrogens is 204 g/mol. The minimum atomic E-state index is 0.250. The second kappa shape index (κ2) is 6.22. The van der Waals surface area contributed by atoms with Gasteiger partial charge in [0, 0.05) is 18.0 Å². The van der Waals surface area contributed by atoms with Gasteiger partial charge in [0.2, 0.25) is 0 Å². The van der Waals surface area contributed by atoms with E-state index < -0.39 is 0 Å². The third kappa shape index (κ3) is 3.44. The van der Waals surface area contributed by atoms with Gasteiger partial charge in [-0.25, -0.2) is 9.97 Å². The summed E-state index contributed by atoms with van der Waals surface area (Å²) in [6.07, 6.45) is 3.76. The van der Waals surface area contributed by atoms with Crippen molar-refractivity contribution in [2.75, 3.05) is 0 Å². The van der Waals surface area contributed by atoms with E-state index in [4.69, 9.17) is 9.59 Å². The molecule has 0 unspecified atom stereocenters. The van der Waals surface area contributed by atoms with Gasteiger partial charge in [-0.1, -0.05) is 23.8 Å². The highest BCUT2D eigenvalue weighted by Crippen LogP contribution is 2.14. The third-order valence-electron chi connectivity index (χ3n) is 1.84. The van der Waals surface area contributed by atoms with Crippen molar-refractivity contribution in [2.45, 2.75) is 6.92 Å². The molecule has 1 aromatic heterocycles. The molecule has 2 aromatic rings. The average molecular weight is 214 g/mol. The van der Waals surface area contributed by atoms with Crippen molar-refractivity contribution in [3.05, 3.63) is 48.3 Å². The largest absolute Gasteiger partial charge is 0.373 e. The van der Waals surface area contributed by atoms with Crippen molar-refractivity contribution in [3.63, 3.8) is 0 Å². The highest BCUT2D eigenvalue weighted by molar-refractivity contribution is 5.55. The van der Waals surface area contributed by atoms with E-state index in [9.17, 15) is 0 Å². The number of hydrogen-bond acceptors (Lipinski definition) is 4. The number of aromatic nitrogens is 2. The fourth-order valence-corrected chi connectivity index (χ4v) is 1.23. The summed E-state index contributed by atoms with van der Waals surface area (Å²) in [5.41, 5.74) is 2.30. The van der Waals surface area contributed by atoms with Crippen LogP contribution in [0.3, 0.4) is 0 Å². The van der Waals surface area contributed by atoms with Gasteiger partial charge in [0.25, 0.3) is 0 Å². The summed E-state index contributed by atoms with van der Waals surface area (Å²) in [4.78, 5) is 24.6. The van der Waals surface area contributed by atoms with Crippen LogP contribution in [0.5, 0.6) is 0 Å². The molecule has 0 saturated carbocycles. The van der Waals surface area contributed by atoms with Crippen LogP contribution < -0.4 is 0 Å². The lowest BCUT2D eigenvalue weighted by Gasteiger charge is -1.99. The maximum absolute atomic E-state index is 8.12. The molecule has 0 saturated heterocycles. The van der Waals surface area contributed by atoms with E-state index in [1.54, 1.807) is 12.4 Å². The normalized spacial score (nSPS) is 8.56. The Morgan fingerprint density at radius 3 is 2.25 bits per heavy atom. The van der Waals surface area contributed by atoms with Crippen LogP contribution in [0.25, 0.3) is 11.4 Å². The van der Waals surface area contributed by atoms with Crippen molar-refractivity contribution < 1.29 is 9.59 Å². The van der Waals surface area contributed by atoms with Crippen LogP contribution in [0.1, 0.15) is 5.56 Å². The van der Waals surface area contributed by atoms with Gasteiger partial charge in [0.05, 0.1) is 0 Å². The maximum Gasteiger partial charge on any atom is 0.373 e. The van der Waals surface area contributed by atoms with Crippen LogP contribution in [-0.4, -0.2) is 16.1 Å². The molecule has 2 rings (SSSR count). The van der Waals surface area contributed by atoms with Gasteiger partial charge in [-0.2, -0.15) is 9.59 Å². The Labute approximate surface area is 93.0 Å². The number of hydrogen-bond donors (Lipinski definition) is 0. The van der Waals surface area contributed by atoms with Crippen LogP contribution in [0.15, 0.2) is 42.7 Å². The van der Waals surface area contributed by atoms with Crippen molar-refractivity contribution >= 4 is 6.15 Å². The minimum Gasteiger partial charge on any atom is -0.237 e. The molecule has 0 fully saturated rings. The first kappa shape index (κ1) is 11.8. The topological polar surface area (TPSA) is 59.9 Å². The predicted octanol–water partition coefficient (Wildman–Crippen LogP) is 1.87. The minimum absolute atomic E-state index is 0.250. The van der Waals surface area contributed by atoms with Gasteiger partial charge in [-0.15, -0.1) is 0 Å². The molecule has 4 heteroatoms. The SMILES string of the molecule is Cc1cccc(-c2ncccn2)c1.O=C=O. The van der Waals surface area contributed by atoms with Gasteiger partial charge in [0.15, 0.2) is 5.82 Å². The fourth-order valence-electron chi connectivity index (χ4n) is 1.23. The quantitative estimate of drug-likeness (QED) is 0.727. The van der Waals surface area contributed by atoms with Gasteiger partial charge in [-0.3, -0.25) is 0 Å². The van der Waals surface area contributed by atoms with Gasteiger partial charge in [-0.05, 0) is 19.1 Å². The lowest BCUT2D eigenvalue weighted by atomic mass is 10.1. The first-order chi connectivity index (χ1) is 7.77. The molecule has 0 radical (unpaired) electrons. The van der Waals surface area contributed by atoms with E-state index in [-0.39, 0.29) is 6.15 Å². The first-order valence-electron chi connectivity index (χ1n) is 4.61. The first-order valence-corrected chi connectivity index (χ1v) is 4.61. The molecule has 0 amide bonds. The molecule has 0 spiro atoms. The average Bonchev–Trinajstić information content (AvgIpc) is 2.31. The van der Waals surface area contributed by atoms with Gasteiger partial charge in [0.1, 0.15) is 0 Å². The maximum atomic E-state index is 8.12. The van der Waals surface area contributed by atoms with Gasteiger partial charge < -0.3 is 0 Å². The number of rotatable bonds is 1. The zero-order valence-electron chi connectivity index (χ0n) is 8.75. The molecule has 1 heterocycles. The van der Waals surface area contributed by atoms with Crippen LogP contribution in [-0.2, 0) is 9.59 Å². The Kier molecular flexibility index (Phi) is 4.57. The van der Waals surface area contributed by atoms with E-state index in [1.807, 2.05) is 18.2 Å². The molecule has 0 bridgehead atoms. The molecule has 0 atom stereocenters. The summed E-state index contributed by atoms with van der Waals surface area (Å²) in [6, 6.07) is 9.99. The third-order valence-corrected chi connectivity index (χ3v) is 1.84. The monoisotopic (exact) mass is 214 g/mol. The van der Waals surface area contributed by atoms with Crippen molar-refractivity contribution in [3.8, 4) is 11.4 Å². The lowest BCUT2D eigenvalue weighted by molar-refractivity contribution is -0.191. The van der Waals surface area contributed by atoms with E-state index in [0.29, 0.717) is 0 Å². The molecule has 0 N–H and O–H groups in total. The summed E-state index contributed by atoms with van der Waals surface area (Å²) in [7, 11) is 0. The second-order valence-corrected chi connectivity index (χ2v) is 3.03. The van der Waals surface area contributed by atoms with Crippen LogP contribution in [0.2, 0.25) is 0 Å². The Morgan fingerprint density at radius 2 is 1.69 bits per heavy atom. The van der Waals surface area contributed by atoms with Crippen LogP contribution in [0, 0.1) is 6.92 Å². The second-order valence-electron chi connectivity index (χ2n) is 3.03. The van der Waals surface area contributed by atoms with E-state index in [0.717, 1.165) is 11.4 Å². The Balaban J connectivity index is 0.000000386. The molecule has 0 aliphatic heterocycles. The van der Waals surface area contributed by atoms with E-state index in [1.165, 1.54) is 5.56 Å². The Bertz CT molecular complexity index is 477. The molecule has 80 valence electrons. The molecule has 1 aromatic carbocycles. The van der Waals surface area contributed by atoms with Crippen LogP contribution >= 0.6 is 0 Å². The molecule has 16 heavy (non-hydrogen) atoms. The fraction of sp³-hybridized carbons (Fsp3) is 0.0833. The zero-order valence-corrected chi connectivity index (χ0v) is 8.75. The number of aryl methyl sites for hydroxylation is 1. The zero-order chi connectivity index (χ0) is 11.8.